The molecule has 1 atom stereocenters. The summed E-state index contributed by atoms with van der Waals surface area (Å²) in [5.41, 5.74) is 4.08. The second-order valence-corrected chi connectivity index (χ2v) is 9.89. The van der Waals surface area contributed by atoms with Crippen LogP contribution < -0.4 is 9.47 Å². The fraction of sp³-hybridized carbons (Fsp3) is 0.520. The van der Waals surface area contributed by atoms with Crippen LogP contribution in [0.25, 0.3) is 4.98 Å². The van der Waals surface area contributed by atoms with Gasteiger partial charge in [0.15, 0.2) is 4.98 Å². The molecule has 0 aromatic heterocycles. The SMILES string of the molecule is Cc1cc(OC(C)COc2ccc(C(C)(C)CC(C)(C)C)cc2)cc(C)c1[N+]#N. The van der Waals surface area contributed by atoms with E-state index in [0.717, 1.165) is 29.0 Å². The summed E-state index contributed by atoms with van der Waals surface area (Å²) in [5, 5.41) is 9.07. The summed E-state index contributed by atoms with van der Waals surface area (Å²) in [6.45, 7) is 17.7. The Bertz CT molecular complexity index is 848. The van der Waals surface area contributed by atoms with Gasteiger partial charge < -0.3 is 9.47 Å². The molecule has 0 aliphatic heterocycles. The predicted octanol–water partition coefficient (Wildman–Crippen LogP) is 7.35. The molecule has 0 heterocycles. The van der Waals surface area contributed by atoms with Gasteiger partial charge in [-0.3, -0.25) is 0 Å². The van der Waals surface area contributed by atoms with Crippen LogP contribution in [0.1, 0.15) is 64.7 Å². The average Bonchev–Trinajstić information content (AvgIpc) is 2.58. The highest BCUT2D eigenvalue weighted by Gasteiger charge is 2.27. The van der Waals surface area contributed by atoms with Crippen LogP contribution >= 0.6 is 0 Å². The molecule has 0 N–H and O–H groups in total. The van der Waals surface area contributed by atoms with E-state index < -0.39 is 0 Å². The number of hydrogen-bond donors (Lipinski definition) is 0. The fourth-order valence-corrected chi connectivity index (χ4v) is 4.05. The van der Waals surface area contributed by atoms with Gasteiger partial charge in [0.05, 0.1) is 0 Å². The molecule has 0 aliphatic rings. The molecular formula is C25H35N2O2+. The summed E-state index contributed by atoms with van der Waals surface area (Å²) in [7, 11) is 0. The number of ether oxygens (including phenoxy) is 2. The van der Waals surface area contributed by atoms with Crippen LogP contribution in [0.15, 0.2) is 36.4 Å². The van der Waals surface area contributed by atoms with Crippen molar-refractivity contribution in [3.8, 4) is 11.5 Å². The van der Waals surface area contributed by atoms with Crippen molar-refractivity contribution >= 4 is 5.69 Å². The first-order chi connectivity index (χ1) is 13.4. The first-order valence-electron chi connectivity index (χ1n) is 10.3. The van der Waals surface area contributed by atoms with Gasteiger partial charge in [-0.15, -0.1) is 0 Å². The van der Waals surface area contributed by atoms with E-state index in [1.807, 2.05) is 45.0 Å². The summed E-state index contributed by atoms with van der Waals surface area (Å²) in [6, 6.07) is 12.2. The Morgan fingerprint density at radius 1 is 0.931 bits per heavy atom. The van der Waals surface area contributed by atoms with E-state index >= 15 is 0 Å². The summed E-state index contributed by atoms with van der Waals surface area (Å²) >= 11 is 0. The molecule has 0 radical (unpaired) electrons. The molecule has 2 aromatic carbocycles. The molecule has 1 unspecified atom stereocenters. The highest BCUT2D eigenvalue weighted by molar-refractivity contribution is 5.59. The fourth-order valence-electron chi connectivity index (χ4n) is 4.05. The van der Waals surface area contributed by atoms with E-state index in [-0.39, 0.29) is 16.9 Å². The monoisotopic (exact) mass is 395 g/mol. The Balaban J connectivity index is 1.96. The molecule has 0 saturated heterocycles. The highest BCUT2D eigenvalue weighted by atomic mass is 16.5. The minimum atomic E-state index is -0.109. The summed E-state index contributed by atoms with van der Waals surface area (Å²) < 4.78 is 11.9. The second-order valence-electron chi connectivity index (χ2n) is 9.89. The van der Waals surface area contributed by atoms with E-state index in [4.69, 9.17) is 14.9 Å². The molecule has 0 spiro atoms. The summed E-state index contributed by atoms with van der Waals surface area (Å²) in [4.78, 5) is 3.33. The lowest BCUT2D eigenvalue weighted by molar-refractivity contribution is 0.143. The van der Waals surface area contributed by atoms with E-state index in [2.05, 4.69) is 51.7 Å². The van der Waals surface area contributed by atoms with Gasteiger partial charge >= 0.3 is 5.69 Å². The molecule has 4 heteroatoms. The third-order valence-electron chi connectivity index (χ3n) is 4.99. The largest absolute Gasteiger partial charge is 0.490 e. The van der Waals surface area contributed by atoms with Crippen LogP contribution in [0.2, 0.25) is 0 Å². The van der Waals surface area contributed by atoms with Gasteiger partial charge in [0.2, 0.25) is 5.39 Å². The topological polar surface area (TPSA) is 46.6 Å². The zero-order valence-electron chi connectivity index (χ0n) is 19.2. The molecule has 0 amide bonds. The molecule has 0 aliphatic carbocycles. The molecule has 0 bridgehead atoms. The molecule has 0 saturated carbocycles. The maximum atomic E-state index is 9.07. The molecule has 2 rings (SSSR count). The maximum Gasteiger partial charge on any atom is 0.391 e. The normalized spacial score (nSPS) is 12.9. The van der Waals surface area contributed by atoms with Crippen LogP contribution in [0.3, 0.4) is 0 Å². The zero-order chi connectivity index (χ0) is 21.8. The van der Waals surface area contributed by atoms with Crippen molar-refractivity contribution in [3.63, 3.8) is 0 Å². The van der Waals surface area contributed by atoms with Crippen molar-refractivity contribution in [3.05, 3.63) is 58.1 Å². The molecule has 4 nitrogen and oxygen atoms in total. The lowest BCUT2D eigenvalue weighted by Gasteiger charge is -2.33. The Kier molecular flexibility index (Phi) is 6.95. The lowest BCUT2D eigenvalue weighted by atomic mass is 9.72. The van der Waals surface area contributed by atoms with Crippen molar-refractivity contribution in [1.82, 2.24) is 0 Å². The van der Waals surface area contributed by atoms with E-state index in [1.54, 1.807) is 0 Å². The number of nitrogens with zero attached hydrogens (tertiary/aromatic N) is 2. The van der Waals surface area contributed by atoms with E-state index in [1.165, 1.54) is 5.56 Å². The first kappa shape index (κ1) is 22.7. The third-order valence-corrected chi connectivity index (χ3v) is 4.99. The van der Waals surface area contributed by atoms with Crippen molar-refractivity contribution in [2.75, 3.05) is 6.61 Å². The van der Waals surface area contributed by atoms with E-state index in [0.29, 0.717) is 12.3 Å². The maximum absolute atomic E-state index is 9.07. The average molecular weight is 396 g/mol. The van der Waals surface area contributed by atoms with Crippen LogP contribution in [0, 0.1) is 24.7 Å². The predicted molar refractivity (Wildman–Crippen MR) is 120 cm³/mol. The summed E-state index contributed by atoms with van der Waals surface area (Å²) in [5.74, 6) is 1.60. The number of rotatable bonds is 7. The van der Waals surface area contributed by atoms with Crippen LogP contribution in [0.4, 0.5) is 5.69 Å². The van der Waals surface area contributed by atoms with Crippen LogP contribution in [-0.4, -0.2) is 12.7 Å². The minimum Gasteiger partial charge on any atom is -0.490 e. The Morgan fingerprint density at radius 2 is 1.48 bits per heavy atom. The number of aryl methyl sites for hydroxylation is 2. The van der Waals surface area contributed by atoms with Gasteiger partial charge in [-0.1, -0.05) is 46.8 Å². The second kappa shape index (κ2) is 8.86. The van der Waals surface area contributed by atoms with Crippen LogP contribution in [0.5, 0.6) is 11.5 Å². The van der Waals surface area contributed by atoms with Crippen LogP contribution in [-0.2, 0) is 5.41 Å². The number of hydrogen-bond acceptors (Lipinski definition) is 3. The van der Waals surface area contributed by atoms with Gasteiger partial charge in [-0.2, -0.15) is 0 Å². The number of diazo groups is 1. The Morgan fingerprint density at radius 3 is 1.97 bits per heavy atom. The van der Waals surface area contributed by atoms with Gasteiger partial charge in [0.1, 0.15) is 24.2 Å². The standard InChI is InChI=1S/C25H35N2O2/c1-17-13-22(14-18(2)23(17)27-26)29-19(3)15-28-21-11-9-20(10-12-21)25(7,8)16-24(4,5)6/h9-14,19H,15-16H2,1-8H3/q+1. The number of benzene rings is 2. The molecular weight excluding hydrogens is 360 g/mol. The first-order valence-corrected chi connectivity index (χ1v) is 10.3. The third kappa shape index (κ3) is 6.49. The quantitative estimate of drug-likeness (QED) is 0.460. The Labute approximate surface area is 175 Å². The van der Waals surface area contributed by atoms with Crippen molar-refractivity contribution in [2.24, 2.45) is 5.41 Å². The van der Waals surface area contributed by atoms with Gasteiger partial charge in [0.25, 0.3) is 0 Å². The van der Waals surface area contributed by atoms with E-state index in [9.17, 15) is 0 Å². The van der Waals surface area contributed by atoms with Gasteiger partial charge in [-0.25, -0.2) is 0 Å². The zero-order valence-corrected chi connectivity index (χ0v) is 19.2. The molecule has 29 heavy (non-hydrogen) atoms. The Hall–Kier alpha value is -2.54. The van der Waals surface area contributed by atoms with Crippen molar-refractivity contribution in [2.45, 2.75) is 73.3 Å². The van der Waals surface area contributed by atoms with Crippen molar-refractivity contribution in [1.29, 1.82) is 5.39 Å². The van der Waals surface area contributed by atoms with Gasteiger partial charge in [-0.05, 0) is 67.9 Å². The molecule has 156 valence electrons. The molecule has 0 fully saturated rings. The summed E-state index contributed by atoms with van der Waals surface area (Å²) in [6.07, 6.45) is 1.01. The minimum absolute atomic E-state index is 0.109. The van der Waals surface area contributed by atoms with Gasteiger partial charge in [0, 0.05) is 11.1 Å². The molecule has 2 aromatic rings. The van der Waals surface area contributed by atoms with Crippen molar-refractivity contribution < 1.29 is 9.47 Å². The highest BCUT2D eigenvalue weighted by Crippen LogP contribution is 2.36. The smallest absolute Gasteiger partial charge is 0.391 e. The lowest BCUT2D eigenvalue weighted by Crippen LogP contribution is -2.24.